The lowest BCUT2D eigenvalue weighted by Crippen LogP contribution is -1.71. The largest absolute Gasteiger partial charge is 0.222 e. The second-order valence-electron chi connectivity index (χ2n) is 2.61. The lowest BCUT2D eigenvalue weighted by Gasteiger charge is -1.86. The van der Waals surface area contributed by atoms with Crippen LogP contribution in [0, 0.1) is 0 Å². The summed E-state index contributed by atoms with van der Waals surface area (Å²) in [7, 11) is 0. The van der Waals surface area contributed by atoms with Gasteiger partial charge in [0.1, 0.15) is 4.60 Å². The van der Waals surface area contributed by atoms with Crippen LogP contribution in [0.1, 0.15) is 23.6 Å². The van der Waals surface area contributed by atoms with Gasteiger partial charge in [-0.1, -0.05) is 11.8 Å². The molecule has 0 N–H and O–H groups in total. The van der Waals surface area contributed by atoms with E-state index in [4.69, 9.17) is 0 Å². The molecule has 1 aromatic heterocycles. The van der Waals surface area contributed by atoms with Gasteiger partial charge in [0, 0.05) is 4.88 Å². The quantitative estimate of drug-likeness (QED) is 0.745. The van der Waals surface area contributed by atoms with Crippen molar-refractivity contribution in [3.63, 3.8) is 0 Å². The number of rotatable bonds is 2. The summed E-state index contributed by atoms with van der Waals surface area (Å²) in [5.74, 6) is 0.822. The van der Waals surface area contributed by atoms with Gasteiger partial charge in [0.15, 0.2) is 4.34 Å². The van der Waals surface area contributed by atoms with Gasteiger partial charge < -0.3 is 0 Å². The van der Waals surface area contributed by atoms with Crippen molar-refractivity contribution < 1.29 is 0 Å². The summed E-state index contributed by atoms with van der Waals surface area (Å²) in [6, 6.07) is 0. The van der Waals surface area contributed by atoms with Gasteiger partial charge in [-0.2, -0.15) is 0 Å². The molecule has 1 nitrogen and oxygen atoms in total. The Kier molecular flexibility index (Phi) is 2.25. The van der Waals surface area contributed by atoms with Crippen LogP contribution in [0.5, 0.6) is 0 Å². The monoisotopic (exact) mass is 249 g/mol. The molecule has 1 aliphatic rings. The molecular weight excluding hydrogens is 242 g/mol. The number of hydrogen-bond donors (Lipinski definition) is 0. The number of thiazole rings is 1. The third-order valence-electron chi connectivity index (χ3n) is 1.71. The maximum Gasteiger partial charge on any atom is 0.151 e. The number of thioether (sulfide) groups is 1. The van der Waals surface area contributed by atoms with Crippen LogP contribution >= 0.6 is 39.0 Å². The molecule has 1 saturated carbocycles. The highest BCUT2D eigenvalue weighted by atomic mass is 79.9. The van der Waals surface area contributed by atoms with E-state index in [-0.39, 0.29) is 0 Å². The van der Waals surface area contributed by atoms with Crippen LogP contribution in [0.15, 0.2) is 8.94 Å². The normalized spacial score (nSPS) is 17.3. The molecule has 1 aromatic rings. The second-order valence-corrected chi connectivity index (χ2v) is 5.45. The Balaban J connectivity index is 2.30. The lowest BCUT2D eigenvalue weighted by molar-refractivity contribution is 1.12. The van der Waals surface area contributed by atoms with Crippen LogP contribution in [0.2, 0.25) is 0 Å². The average Bonchev–Trinajstić information content (AvgIpc) is 2.76. The Morgan fingerprint density at radius 1 is 1.64 bits per heavy atom. The first-order valence-corrected chi connectivity index (χ1v) is 6.35. The van der Waals surface area contributed by atoms with Gasteiger partial charge in [-0.05, 0) is 40.9 Å². The first-order chi connectivity index (χ1) is 5.31. The molecular formula is C7H8BrNS2. The smallest absolute Gasteiger partial charge is 0.151 e. The zero-order chi connectivity index (χ0) is 7.84. The van der Waals surface area contributed by atoms with Crippen molar-refractivity contribution in [2.45, 2.75) is 23.1 Å². The fraction of sp³-hybridized carbons (Fsp3) is 0.571. The summed E-state index contributed by atoms with van der Waals surface area (Å²) < 4.78 is 2.26. The molecule has 11 heavy (non-hydrogen) atoms. The van der Waals surface area contributed by atoms with Gasteiger partial charge in [-0.25, -0.2) is 4.98 Å². The molecule has 0 radical (unpaired) electrons. The van der Waals surface area contributed by atoms with Crippen molar-refractivity contribution in [2.75, 3.05) is 6.26 Å². The fourth-order valence-corrected chi connectivity index (χ4v) is 3.60. The van der Waals surface area contributed by atoms with Gasteiger partial charge in [0.05, 0.1) is 0 Å². The fourth-order valence-electron chi connectivity index (χ4n) is 0.979. The molecule has 2 rings (SSSR count). The molecule has 1 fully saturated rings. The molecule has 60 valence electrons. The minimum Gasteiger partial charge on any atom is -0.222 e. The van der Waals surface area contributed by atoms with E-state index < -0.39 is 0 Å². The minimum atomic E-state index is 0.822. The maximum atomic E-state index is 4.39. The van der Waals surface area contributed by atoms with E-state index in [1.165, 1.54) is 22.1 Å². The molecule has 0 bridgehead atoms. The van der Waals surface area contributed by atoms with E-state index in [0.29, 0.717) is 0 Å². The van der Waals surface area contributed by atoms with Crippen molar-refractivity contribution in [3.05, 3.63) is 9.48 Å². The molecule has 0 aliphatic heterocycles. The van der Waals surface area contributed by atoms with Crippen molar-refractivity contribution in [2.24, 2.45) is 0 Å². The Bertz CT molecular complexity index is 267. The van der Waals surface area contributed by atoms with Gasteiger partial charge >= 0.3 is 0 Å². The molecule has 0 aromatic carbocycles. The van der Waals surface area contributed by atoms with Gasteiger partial charge in [0.2, 0.25) is 0 Å². The Hall–Kier alpha value is 0.460. The zero-order valence-corrected chi connectivity index (χ0v) is 9.35. The summed E-state index contributed by atoms with van der Waals surface area (Å²) in [6.45, 7) is 0. The average molecular weight is 250 g/mol. The molecule has 0 spiro atoms. The summed E-state index contributed by atoms with van der Waals surface area (Å²) in [5.41, 5.74) is 0. The van der Waals surface area contributed by atoms with E-state index in [1.807, 2.05) is 11.3 Å². The zero-order valence-electron chi connectivity index (χ0n) is 6.13. The van der Waals surface area contributed by atoms with Crippen LogP contribution in [0.3, 0.4) is 0 Å². The topological polar surface area (TPSA) is 12.9 Å². The van der Waals surface area contributed by atoms with Crippen molar-refractivity contribution in [3.8, 4) is 0 Å². The van der Waals surface area contributed by atoms with E-state index in [0.717, 1.165) is 10.5 Å². The number of hydrogen-bond acceptors (Lipinski definition) is 3. The molecule has 1 aliphatic carbocycles. The van der Waals surface area contributed by atoms with Crippen LogP contribution in [0.25, 0.3) is 0 Å². The Labute approximate surface area is 82.7 Å². The predicted molar refractivity (Wildman–Crippen MR) is 53.6 cm³/mol. The lowest BCUT2D eigenvalue weighted by atomic mass is 10.4. The van der Waals surface area contributed by atoms with Gasteiger partial charge in [-0.3, -0.25) is 0 Å². The van der Waals surface area contributed by atoms with E-state index in [2.05, 4.69) is 27.2 Å². The third-order valence-corrected chi connectivity index (χ3v) is 4.78. The van der Waals surface area contributed by atoms with E-state index in [1.54, 1.807) is 11.8 Å². The van der Waals surface area contributed by atoms with Crippen molar-refractivity contribution >= 4 is 39.0 Å². The number of halogens is 1. The molecule has 0 saturated heterocycles. The Morgan fingerprint density at radius 3 is 2.82 bits per heavy atom. The van der Waals surface area contributed by atoms with Gasteiger partial charge in [0.25, 0.3) is 0 Å². The molecule has 4 heteroatoms. The predicted octanol–water partition coefficient (Wildman–Crippen LogP) is 3.50. The molecule has 0 unspecified atom stereocenters. The van der Waals surface area contributed by atoms with Gasteiger partial charge in [-0.15, -0.1) is 11.3 Å². The van der Waals surface area contributed by atoms with E-state index >= 15 is 0 Å². The van der Waals surface area contributed by atoms with E-state index in [9.17, 15) is 0 Å². The van der Waals surface area contributed by atoms with Crippen molar-refractivity contribution in [1.29, 1.82) is 0 Å². The number of nitrogens with zero attached hydrogens (tertiary/aromatic N) is 1. The molecule has 1 heterocycles. The minimum absolute atomic E-state index is 0.822. The third kappa shape index (κ3) is 1.63. The van der Waals surface area contributed by atoms with Crippen LogP contribution in [-0.4, -0.2) is 11.2 Å². The highest BCUT2D eigenvalue weighted by Gasteiger charge is 2.28. The standard InChI is InChI=1S/C7H8BrNS2/c1-10-7-9-6(8)5(11-7)4-2-3-4/h4H,2-3H2,1H3. The number of aromatic nitrogens is 1. The van der Waals surface area contributed by atoms with Crippen molar-refractivity contribution in [1.82, 2.24) is 4.98 Å². The summed E-state index contributed by atoms with van der Waals surface area (Å²) in [4.78, 5) is 5.84. The highest BCUT2D eigenvalue weighted by molar-refractivity contribution is 9.10. The maximum absolute atomic E-state index is 4.39. The molecule has 0 atom stereocenters. The van der Waals surface area contributed by atoms with Crippen LogP contribution < -0.4 is 0 Å². The summed E-state index contributed by atoms with van der Waals surface area (Å²) in [5, 5.41) is 0. The second kappa shape index (κ2) is 3.07. The van der Waals surface area contributed by atoms with Crippen LogP contribution in [0.4, 0.5) is 0 Å². The summed E-state index contributed by atoms with van der Waals surface area (Å²) >= 11 is 7.05. The SMILES string of the molecule is CSc1nc(Br)c(C2CC2)s1. The Morgan fingerprint density at radius 2 is 2.36 bits per heavy atom. The first-order valence-electron chi connectivity index (χ1n) is 3.51. The van der Waals surface area contributed by atoms with Crippen LogP contribution in [-0.2, 0) is 0 Å². The molecule has 0 amide bonds. The highest BCUT2D eigenvalue weighted by Crippen LogP contribution is 2.47. The first kappa shape index (κ1) is 8.08. The summed E-state index contributed by atoms with van der Waals surface area (Å²) in [6.07, 6.45) is 4.78.